The maximum Gasteiger partial charge on any atom is 0.0192 e. The highest BCUT2D eigenvalue weighted by Crippen LogP contribution is 2.09. The van der Waals surface area contributed by atoms with E-state index in [9.17, 15) is 0 Å². The number of hydrogen-bond donors (Lipinski definition) is 1. The molecule has 0 rings (SSSR count). The highest BCUT2D eigenvalue weighted by Gasteiger charge is 2.16. The predicted octanol–water partition coefficient (Wildman–Crippen LogP) is 2.88. The summed E-state index contributed by atoms with van der Waals surface area (Å²) < 4.78 is 0. The van der Waals surface area contributed by atoms with Crippen molar-refractivity contribution in [3.8, 4) is 0 Å². The van der Waals surface area contributed by atoms with Crippen LogP contribution in [0.25, 0.3) is 0 Å². The second-order valence-electron chi connectivity index (χ2n) is 4.70. The molecule has 0 aliphatic heterocycles. The molecular formula is C13H30N2. The minimum atomic E-state index is 0.629. The molecule has 0 saturated heterocycles. The van der Waals surface area contributed by atoms with E-state index in [1.807, 2.05) is 0 Å². The zero-order valence-corrected chi connectivity index (χ0v) is 11.5. The van der Waals surface area contributed by atoms with Crippen molar-refractivity contribution < 1.29 is 0 Å². The van der Waals surface area contributed by atoms with Crippen molar-refractivity contribution in [2.45, 2.75) is 72.0 Å². The van der Waals surface area contributed by atoms with E-state index in [0.29, 0.717) is 12.1 Å². The summed E-state index contributed by atoms with van der Waals surface area (Å²) in [5, 5.41) is 3.57. The molecule has 1 N–H and O–H groups in total. The lowest BCUT2D eigenvalue weighted by atomic mass is 10.1. The molecule has 2 nitrogen and oxygen atoms in total. The van der Waals surface area contributed by atoms with Gasteiger partial charge in [0.1, 0.15) is 0 Å². The largest absolute Gasteiger partial charge is 0.313 e. The molecule has 2 heteroatoms. The maximum absolute atomic E-state index is 3.57. The van der Waals surface area contributed by atoms with Crippen molar-refractivity contribution in [1.29, 1.82) is 0 Å². The third-order valence-corrected chi connectivity index (χ3v) is 3.59. The first kappa shape index (κ1) is 14.9. The Morgan fingerprint density at radius 3 is 1.93 bits per heavy atom. The van der Waals surface area contributed by atoms with Gasteiger partial charge in [0.2, 0.25) is 0 Å². The predicted molar refractivity (Wildman–Crippen MR) is 69.4 cm³/mol. The first-order valence-electron chi connectivity index (χ1n) is 6.51. The van der Waals surface area contributed by atoms with Gasteiger partial charge in [-0.1, -0.05) is 20.8 Å². The second kappa shape index (κ2) is 8.12. The summed E-state index contributed by atoms with van der Waals surface area (Å²) in [5.74, 6) is 0. The molecule has 92 valence electrons. The Bertz CT molecular complexity index is 143. The molecule has 0 aromatic heterocycles. The third-order valence-electron chi connectivity index (χ3n) is 3.59. The molecule has 0 amide bonds. The zero-order chi connectivity index (χ0) is 11.8. The van der Waals surface area contributed by atoms with E-state index in [-0.39, 0.29) is 0 Å². The summed E-state index contributed by atoms with van der Waals surface area (Å²) in [4.78, 5) is 2.51. The summed E-state index contributed by atoms with van der Waals surface area (Å²) in [6, 6.07) is 2.00. The summed E-state index contributed by atoms with van der Waals surface area (Å²) in [6.45, 7) is 12.4. The van der Waals surface area contributed by atoms with E-state index in [1.54, 1.807) is 0 Å². The number of hydrogen-bond acceptors (Lipinski definition) is 2. The van der Waals surface area contributed by atoms with Gasteiger partial charge in [-0.05, 0) is 40.2 Å². The molecule has 0 aliphatic rings. The van der Waals surface area contributed by atoms with Gasteiger partial charge in [-0.2, -0.15) is 0 Å². The maximum atomic E-state index is 3.57. The number of rotatable bonds is 8. The van der Waals surface area contributed by atoms with Gasteiger partial charge in [0.05, 0.1) is 0 Å². The van der Waals surface area contributed by atoms with E-state index in [0.717, 1.165) is 12.6 Å². The van der Waals surface area contributed by atoms with Gasteiger partial charge in [0.15, 0.2) is 0 Å². The highest BCUT2D eigenvalue weighted by molar-refractivity contribution is 4.74. The van der Waals surface area contributed by atoms with Gasteiger partial charge in [0.25, 0.3) is 0 Å². The fourth-order valence-electron chi connectivity index (χ4n) is 1.88. The zero-order valence-electron chi connectivity index (χ0n) is 11.5. The average Bonchev–Trinajstić information content (AvgIpc) is 2.26. The molecular weight excluding hydrogens is 184 g/mol. The Morgan fingerprint density at radius 1 is 1.00 bits per heavy atom. The quantitative estimate of drug-likeness (QED) is 0.668. The van der Waals surface area contributed by atoms with Gasteiger partial charge in [0, 0.05) is 24.7 Å². The van der Waals surface area contributed by atoms with Crippen molar-refractivity contribution in [1.82, 2.24) is 10.2 Å². The van der Waals surface area contributed by atoms with Crippen LogP contribution in [0.15, 0.2) is 0 Å². The molecule has 15 heavy (non-hydrogen) atoms. The minimum absolute atomic E-state index is 0.629. The van der Waals surface area contributed by atoms with Gasteiger partial charge < -0.3 is 5.32 Å². The van der Waals surface area contributed by atoms with Gasteiger partial charge in [-0.15, -0.1) is 0 Å². The van der Waals surface area contributed by atoms with Crippen molar-refractivity contribution in [3.05, 3.63) is 0 Å². The molecule has 0 aromatic carbocycles. The molecule has 2 unspecified atom stereocenters. The van der Waals surface area contributed by atoms with E-state index < -0.39 is 0 Å². The van der Waals surface area contributed by atoms with E-state index in [2.05, 4.69) is 51.9 Å². The number of likely N-dealkylation sites (N-methyl/N-ethyl adjacent to an activating group) is 1. The molecule has 0 heterocycles. The Morgan fingerprint density at radius 2 is 1.53 bits per heavy atom. The Kier molecular flexibility index (Phi) is 8.07. The molecule has 0 fully saturated rings. The lowest BCUT2D eigenvalue weighted by Gasteiger charge is -2.32. The summed E-state index contributed by atoms with van der Waals surface area (Å²) in [5.41, 5.74) is 0. The number of nitrogens with zero attached hydrogens (tertiary/aromatic N) is 1. The van der Waals surface area contributed by atoms with Crippen LogP contribution in [0.3, 0.4) is 0 Å². The van der Waals surface area contributed by atoms with Crippen LogP contribution in [-0.2, 0) is 0 Å². The van der Waals surface area contributed by atoms with Crippen LogP contribution in [-0.4, -0.2) is 36.6 Å². The molecule has 0 aliphatic carbocycles. The van der Waals surface area contributed by atoms with Gasteiger partial charge in [-0.3, -0.25) is 4.90 Å². The number of nitrogens with one attached hydrogen (secondary N) is 1. The molecule has 2 atom stereocenters. The molecule has 0 spiro atoms. The standard InChI is InChI=1S/C13H30N2/c1-7-11(4)14-10-12(5)15(6)13(8-2)9-3/h11-14H,7-10H2,1-6H3. The van der Waals surface area contributed by atoms with Gasteiger partial charge >= 0.3 is 0 Å². The SMILES string of the molecule is CCC(C)NCC(C)N(C)C(CC)CC. The van der Waals surface area contributed by atoms with E-state index in [4.69, 9.17) is 0 Å². The molecule has 0 bridgehead atoms. The van der Waals surface area contributed by atoms with Crippen molar-refractivity contribution in [3.63, 3.8) is 0 Å². The van der Waals surface area contributed by atoms with E-state index >= 15 is 0 Å². The normalized spacial score (nSPS) is 16.0. The van der Waals surface area contributed by atoms with Crippen LogP contribution >= 0.6 is 0 Å². The van der Waals surface area contributed by atoms with Crippen LogP contribution in [0, 0.1) is 0 Å². The van der Waals surface area contributed by atoms with Crippen LogP contribution in [0.1, 0.15) is 53.9 Å². The summed E-state index contributed by atoms with van der Waals surface area (Å²) >= 11 is 0. The molecule has 0 radical (unpaired) electrons. The molecule has 0 aromatic rings. The lowest BCUT2D eigenvalue weighted by Crippen LogP contribution is -2.45. The van der Waals surface area contributed by atoms with Crippen molar-refractivity contribution >= 4 is 0 Å². The smallest absolute Gasteiger partial charge is 0.0192 e. The Labute approximate surface area is 96.4 Å². The van der Waals surface area contributed by atoms with E-state index in [1.165, 1.54) is 19.3 Å². The van der Waals surface area contributed by atoms with Gasteiger partial charge in [-0.25, -0.2) is 0 Å². The third kappa shape index (κ3) is 5.53. The fraction of sp³-hybridized carbons (Fsp3) is 1.00. The van der Waals surface area contributed by atoms with Crippen LogP contribution in [0.5, 0.6) is 0 Å². The lowest BCUT2D eigenvalue weighted by molar-refractivity contribution is 0.168. The van der Waals surface area contributed by atoms with Crippen molar-refractivity contribution in [2.24, 2.45) is 0 Å². The first-order chi connectivity index (χ1) is 7.06. The van der Waals surface area contributed by atoms with Crippen LogP contribution in [0.2, 0.25) is 0 Å². The highest BCUT2D eigenvalue weighted by atomic mass is 15.2. The molecule has 0 saturated carbocycles. The van der Waals surface area contributed by atoms with Crippen molar-refractivity contribution in [2.75, 3.05) is 13.6 Å². The second-order valence-corrected chi connectivity index (χ2v) is 4.70. The van der Waals surface area contributed by atoms with Crippen LogP contribution in [0.4, 0.5) is 0 Å². The monoisotopic (exact) mass is 214 g/mol. The first-order valence-corrected chi connectivity index (χ1v) is 6.51. The Hall–Kier alpha value is -0.0800. The summed E-state index contributed by atoms with van der Waals surface area (Å²) in [7, 11) is 2.25. The fourth-order valence-corrected chi connectivity index (χ4v) is 1.88. The van der Waals surface area contributed by atoms with Crippen LogP contribution < -0.4 is 5.32 Å². The Balaban J connectivity index is 3.91. The topological polar surface area (TPSA) is 15.3 Å². The summed E-state index contributed by atoms with van der Waals surface area (Å²) in [6.07, 6.45) is 3.71. The average molecular weight is 214 g/mol. The minimum Gasteiger partial charge on any atom is -0.313 e.